The lowest BCUT2D eigenvalue weighted by molar-refractivity contribution is 0.799. The van der Waals surface area contributed by atoms with E-state index >= 15 is 0 Å². The van der Waals surface area contributed by atoms with Gasteiger partial charge in [-0.2, -0.15) is 5.10 Å². The highest BCUT2D eigenvalue weighted by Crippen LogP contribution is 2.36. The molecule has 3 rings (SSSR count). The summed E-state index contributed by atoms with van der Waals surface area (Å²) in [5.74, 6) is 0. The van der Waals surface area contributed by atoms with Gasteiger partial charge in [-0.1, -0.05) is 30.3 Å². The van der Waals surface area contributed by atoms with Gasteiger partial charge in [-0.15, -0.1) is 11.3 Å². The van der Waals surface area contributed by atoms with Gasteiger partial charge in [0, 0.05) is 27.8 Å². The molecule has 17 heavy (non-hydrogen) atoms. The maximum absolute atomic E-state index is 4.66. The van der Waals surface area contributed by atoms with Crippen molar-refractivity contribution in [2.75, 3.05) is 0 Å². The van der Waals surface area contributed by atoms with Crippen LogP contribution in [0.4, 0.5) is 0 Å². The van der Waals surface area contributed by atoms with Crippen molar-refractivity contribution in [2.24, 2.45) is 7.05 Å². The second-order valence-electron chi connectivity index (χ2n) is 4.28. The summed E-state index contributed by atoms with van der Waals surface area (Å²) in [7, 11) is 2.02. The summed E-state index contributed by atoms with van der Waals surface area (Å²) in [4.78, 5) is 2.69. The van der Waals surface area contributed by atoms with Crippen molar-refractivity contribution in [2.45, 2.75) is 13.8 Å². The number of benzene rings is 1. The monoisotopic (exact) mass is 242 g/mol. The van der Waals surface area contributed by atoms with Crippen LogP contribution in [-0.2, 0) is 7.05 Å². The summed E-state index contributed by atoms with van der Waals surface area (Å²) < 4.78 is 2.00. The van der Waals surface area contributed by atoms with Gasteiger partial charge in [-0.05, 0) is 13.8 Å². The first-order chi connectivity index (χ1) is 8.18. The summed E-state index contributed by atoms with van der Waals surface area (Å²) in [5, 5.41) is 5.97. The average molecular weight is 242 g/mol. The van der Waals surface area contributed by atoms with Gasteiger partial charge in [0.25, 0.3) is 0 Å². The lowest BCUT2D eigenvalue weighted by Crippen LogP contribution is -1.90. The molecule has 0 saturated heterocycles. The molecule has 2 aromatic heterocycles. The molecule has 0 saturated carbocycles. The van der Waals surface area contributed by atoms with Crippen molar-refractivity contribution in [1.82, 2.24) is 9.78 Å². The Hall–Kier alpha value is -1.61. The van der Waals surface area contributed by atoms with Crippen LogP contribution in [0.2, 0.25) is 0 Å². The third-order valence-electron chi connectivity index (χ3n) is 3.09. The number of rotatable bonds is 1. The first-order valence-corrected chi connectivity index (χ1v) is 6.48. The van der Waals surface area contributed by atoms with E-state index in [2.05, 4.69) is 43.2 Å². The quantitative estimate of drug-likeness (QED) is 0.632. The van der Waals surface area contributed by atoms with E-state index in [1.807, 2.05) is 29.1 Å². The van der Waals surface area contributed by atoms with Crippen molar-refractivity contribution in [3.05, 3.63) is 40.1 Å². The highest BCUT2D eigenvalue weighted by molar-refractivity contribution is 7.13. The topological polar surface area (TPSA) is 17.8 Å². The zero-order valence-electron chi connectivity index (χ0n) is 10.2. The fourth-order valence-corrected chi connectivity index (χ4v) is 3.47. The zero-order chi connectivity index (χ0) is 12.0. The minimum atomic E-state index is 1.10. The molecule has 3 heteroatoms. The molecule has 0 atom stereocenters. The number of fused-ring (bicyclic) bond motifs is 1. The number of thiophene rings is 1. The van der Waals surface area contributed by atoms with E-state index in [1.54, 1.807) is 0 Å². The summed E-state index contributed by atoms with van der Waals surface area (Å²) in [6, 6.07) is 10.4. The SMILES string of the molecule is Cc1sc(C)c2c1c(-c1ccccc1)nn2C. The van der Waals surface area contributed by atoms with E-state index < -0.39 is 0 Å². The third kappa shape index (κ3) is 1.50. The molecule has 1 aromatic carbocycles. The van der Waals surface area contributed by atoms with E-state index in [0.29, 0.717) is 0 Å². The van der Waals surface area contributed by atoms with Gasteiger partial charge in [-0.3, -0.25) is 4.68 Å². The first kappa shape index (κ1) is 10.5. The predicted octanol–water partition coefficient (Wildman–Crippen LogP) is 3.92. The smallest absolute Gasteiger partial charge is 0.101 e. The molecule has 0 amide bonds. The van der Waals surface area contributed by atoms with E-state index in [0.717, 1.165) is 5.69 Å². The van der Waals surface area contributed by atoms with Crippen molar-refractivity contribution >= 4 is 22.2 Å². The summed E-state index contributed by atoms with van der Waals surface area (Å²) in [6.45, 7) is 4.34. The van der Waals surface area contributed by atoms with Crippen LogP contribution < -0.4 is 0 Å². The second kappa shape index (κ2) is 3.70. The number of nitrogens with zero attached hydrogens (tertiary/aromatic N) is 2. The number of hydrogen-bond donors (Lipinski definition) is 0. The molecule has 86 valence electrons. The van der Waals surface area contributed by atoms with Crippen LogP contribution in [0.25, 0.3) is 22.2 Å². The molecular weight excluding hydrogens is 228 g/mol. The van der Waals surface area contributed by atoms with Crippen LogP contribution in [0.15, 0.2) is 30.3 Å². The molecule has 0 aliphatic rings. The van der Waals surface area contributed by atoms with Crippen molar-refractivity contribution < 1.29 is 0 Å². The molecule has 2 heterocycles. The van der Waals surface area contributed by atoms with E-state index in [1.165, 1.54) is 26.2 Å². The van der Waals surface area contributed by atoms with Gasteiger partial charge in [0.2, 0.25) is 0 Å². The zero-order valence-corrected chi connectivity index (χ0v) is 11.0. The van der Waals surface area contributed by atoms with Crippen LogP contribution in [0, 0.1) is 13.8 Å². The Balaban J connectivity index is 2.39. The summed E-state index contributed by atoms with van der Waals surface area (Å²) in [5.41, 5.74) is 3.57. The Morgan fingerprint density at radius 2 is 1.76 bits per heavy atom. The van der Waals surface area contributed by atoms with Gasteiger partial charge >= 0.3 is 0 Å². The Bertz CT molecular complexity index is 677. The van der Waals surface area contributed by atoms with Gasteiger partial charge in [0.05, 0.1) is 5.52 Å². The van der Waals surface area contributed by atoms with Crippen molar-refractivity contribution in [1.29, 1.82) is 0 Å². The Kier molecular flexibility index (Phi) is 2.30. The van der Waals surface area contributed by atoms with Crippen molar-refractivity contribution in [3.8, 4) is 11.3 Å². The van der Waals surface area contributed by atoms with E-state index in [4.69, 9.17) is 0 Å². The minimum Gasteiger partial charge on any atom is -0.266 e. The molecular formula is C14H14N2S. The van der Waals surface area contributed by atoms with Crippen LogP contribution in [-0.4, -0.2) is 9.78 Å². The molecule has 0 fully saturated rings. The Morgan fingerprint density at radius 1 is 1.06 bits per heavy atom. The van der Waals surface area contributed by atoms with Crippen LogP contribution >= 0.6 is 11.3 Å². The summed E-state index contributed by atoms with van der Waals surface area (Å²) >= 11 is 1.85. The Labute approximate surface area is 105 Å². The molecule has 2 nitrogen and oxygen atoms in total. The van der Waals surface area contributed by atoms with Crippen LogP contribution in [0.5, 0.6) is 0 Å². The largest absolute Gasteiger partial charge is 0.266 e. The standard InChI is InChI=1S/C14H14N2S/c1-9-12-13(11-7-5-4-6-8-11)15-16(3)14(12)10(2)17-9/h4-8H,1-3H3. The minimum absolute atomic E-state index is 1.10. The predicted molar refractivity (Wildman–Crippen MR) is 73.5 cm³/mol. The maximum atomic E-state index is 4.66. The molecule has 0 spiro atoms. The number of aromatic nitrogens is 2. The van der Waals surface area contributed by atoms with E-state index in [-0.39, 0.29) is 0 Å². The molecule has 0 bridgehead atoms. The van der Waals surface area contributed by atoms with Gasteiger partial charge < -0.3 is 0 Å². The molecule has 0 aliphatic heterocycles. The third-order valence-corrected chi connectivity index (χ3v) is 4.10. The molecule has 0 aliphatic carbocycles. The van der Waals surface area contributed by atoms with Crippen LogP contribution in [0.3, 0.4) is 0 Å². The highest BCUT2D eigenvalue weighted by atomic mass is 32.1. The fraction of sp³-hybridized carbons (Fsp3) is 0.214. The highest BCUT2D eigenvalue weighted by Gasteiger charge is 2.16. The van der Waals surface area contributed by atoms with Crippen molar-refractivity contribution in [3.63, 3.8) is 0 Å². The fourth-order valence-electron chi connectivity index (χ4n) is 2.39. The van der Waals surface area contributed by atoms with Gasteiger partial charge in [0.15, 0.2) is 0 Å². The van der Waals surface area contributed by atoms with Crippen LogP contribution in [0.1, 0.15) is 9.75 Å². The normalized spacial score (nSPS) is 11.2. The van der Waals surface area contributed by atoms with Gasteiger partial charge in [0.1, 0.15) is 5.69 Å². The first-order valence-electron chi connectivity index (χ1n) is 5.66. The molecule has 0 unspecified atom stereocenters. The molecule has 0 N–H and O–H groups in total. The van der Waals surface area contributed by atoms with E-state index in [9.17, 15) is 0 Å². The molecule has 3 aromatic rings. The number of aryl methyl sites for hydroxylation is 3. The maximum Gasteiger partial charge on any atom is 0.101 e. The number of hydrogen-bond acceptors (Lipinski definition) is 2. The lowest BCUT2D eigenvalue weighted by atomic mass is 10.1. The average Bonchev–Trinajstić information content (AvgIpc) is 2.81. The Morgan fingerprint density at radius 3 is 2.47 bits per heavy atom. The summed E-state index contributed by atoms with van der Waals surface area (Å²) in [6.07, 6.45) is 0. The molecule has 0 radical (unpaired) electrons. The lowest BCUT2D eigenvalue weighted by Gasteiger charge is -1.96. The second-order valence-corrected chi connectivity index (χ2v) is 5.71. The van der Waals surface area contributed by atoms with Gasteiger partial charge in [-0.25, -0.2) is 0 Å².